The zero-order chi connectivity index (χ0) is 27.5. The molecule has 3 N–H and O–H groups in total. The molecule has 0 spiro atoms. The molecule has 3 aromatic carbocycles. The Morgan fingerprint density at radius 3 is 1.97 bits per heavy atom. The number of likely N-dealkylation sites (N-methyl/N-ethyl adjacent to an activating group) is 1. The molecule has 0 fully saturated rings. The minimum absolute atomic E-state index is 0.106. The number of carbonyl (C=O) groups excluding carboxylic acids is 3. The van der Waals surface area contributed by atoms with Crippen LogP contribution in [0.2, 0.25) is 0 Å². The van der Waals surface area contributed by atoms with E-state index in [4.69, 9.17) is 4.74 Å². The first-order valence-electron chi connectivity index (χ1n) is 11.8. The molecule has 10 nitrogen and oxygen atoms in total. The second kappa shape index (κ2) is 13.4. The van der Waals surface area contributed by atoms with Crippen LogP contribution in [0.25, 0.3) is 0 Å². The summed E-state index contributed by atoms with van der Waals surface area (Å²) in [4.78, 5) is 38.9. The maximum absolute atomic E-state index is 13.4. The lowest BCUT2D eigenvalue weighted by atomic mass is 10.0. The molecule has 3 amide bonds. The number of rotatable bonds is 12. The van der Waals surface area contributed by atoms with Gasteiger partial charge in [-0.15, -0.1) is 0 Å². The van der Waals surface area contributed by atoms with E-state index in [1.165, 1.54) is 12.0 Å². The summed E-state index contributed by atoms with van der Waals surface area (Å²) >= 11 is 0. The van der Waals surface area contributed by atoms with E-state index in [2.05, 4.69) is 10.0 Å². The molecule has 0 aromatic heterocycles. The van der Waals surface area contributed by atoms with Crippen LogP contribution in [-0.2, 0) is 32.6 Å². The summed E-state index contributed by atoms with van der Waals surface area (Å²) in [5, 5.41) is 2.46. The van der Waals surface area contributed by atoms with Gasteiger partial charge in [-0.25, -0.2) is 9.52 Å². The summed E-state index contributed by atoms with van der Waals surface area (Å²) in [5.41, 5.74) is 2.06. The summed E-state index contributed by atoms with van der Waals surface area (Å²) in [6, 6.07) is 21.3. The van der Waals surface area contributed by atoms with E-state index in [-0.39, 0.29) is 12.8 Å². The number of ether oxygens (including phenoxy) is 1. The number of benzene rings is 3. The van der Waals surface area contributed by atoms with E-state index in [1.807, 2.05) is 10.8 Å². The zero-order valence-electron chi connectivity index (χ0n) is 21.0. The molecular formula is C27H30N4O6S. The summed E-state index contributed by atoms with van der Waals surface area (Å²) in [6.45, 7) is 0. The number of hydrogen-bond donors (Lipinski definition) is 3. The molecule has 200 valence electrons. The van der Waals surface area contributed by atoms with Gasteiger partial charge in [-0.1, -0.05) is 60.7 Å². The number of carbonyl (C=O) groups is 3. The lowest BCUT2D eigenvalue weighted by Crippen LogP contribution is -2.55. The lowest BCUT2D eigenvalue weighted by Gasteiger charge is -2.25. The van der Waals surface area contributed by atoms with E-state index < -0.39 is 34.2 Å². The molecule has 0 radical (unpaired) electrons. The van der Waals surface area contributed by atoms with Gasteiger partial charge in [0, 0.05) is 19.2 Å². The number of methoxy groups -OCH3 is 1. The van der Waals surface area contributed by atoms with Crippen LogP contribution >= 0.6 is 0 Å². The van der Waals surface area contributed by atoms with Crippen LogP contribution < -0.4 is 24.4 Å². The van der Waals surface area contributed by atoms with E-state index in [0.717, 1.165) is 11.1 Å². The second-order valence-corrected chi connectivity index (χ2v) is 9.91. The van der Waals surface area contributed by atoms with Crippen LogP contribution in [0.1, 0.15) is 11.1 Å². The number of urea groups is 1. The van der Waals surface area contributed by atoms with Crippen molar-refractivity contribution in [1.82, 2.24) is 14.8 Å². The van der Waals surface area contributed by atoms with Crippen molar-refractivity contribution in [3.05, 3.63) is 96.1 Å². The molecule has 11 heteroatoms. The largest absolute Gasteiger partial charge is 0.497 e. The van der Waals surface area contributed by atoms with Crippen molar-refractivity contribution in [2.45, 2.75) is 24.9 Å². The van der Waals surface area contributed by atoms with Gasteiger partial charge in [0.15, 0.2) is 0 Å². The quantitative estimate of drug-likeness (QED) is 0.303. The summed E-state index contributed by atoms with van der Waals surface area (Å²) in [7, 11) is -1.33. The highest BCUT2D eigenvalue weighted by Crippen LogP contribution is 2.19. The Morgan fingerprint density at radius 2 is 1.45 bits per heavy atom. The topological polar surface area (TPSA) is 134 Å². The fourth-order valence-electron chi connectivity index (χ4n) is 3.74. The van der Waals surface area contributed by atoms with Crippen LogP contribution in [0.4, 0.5) is 10.5 Å². The summed E-state index contributed by atoms with van der Waals surface area (Å²) in [6.07, 6.45) is 0.677. The van der Waals surface area contributed by atoms with Crippen LogP contribution in [0.3, 0.4) is 0 Å². The highest BCUT2D eigenvalue weighted by atomic mass is 32.2. The Morgan fingerprint density at radius 1 is 0.895 bits per heavy atom. The number of nitrogens with one attached hydrogen (secondary N) is 3. The molecule has 2 atom stereocenters. The molecule has 0 unspecified atom stereocenters. The highest BCUT2D eigenvalue weighted by molar-refractivity contribution is 7.88. The lowest BCUT2D eigenvalue weighted by molar-refractivity contribution is -0.120. The first-order chi connectivity index (χ1) is 18.2. The predicted molar refractivity (Wildman–Crippen MR) is 144 cm³/mol. The van der Waals surface area contributed by atoms with Crippen molar-refractivity contribution in [2.24, 2.45) is 0 Å². The molecule has 0 aliphatic carbocycles. The second-order valence-electron chi connectivity index (χ2n) is 8.47. The Kier molecular flexibility index (Phi) is 9.97. The van der Waals surface area contributed by atoms with Crippen molar-refractivity contribution < 1.29 is 27.5 Å². The Balaban J connectivity index is 1.71. The van der Waals surface area contributed by atoms with E-state index in [0.29, 0.717) is 17.7 Å². The van der Waals surface area contributed by atoms with Crippen LogP contribution in [-0.4, -0.2) is 52.9 Å². The number of nitrogens with zero attached hydrogens (tertiary/aromatic N) is 1. The van der Waals surface area contributed by atoms with Gasteiger partial charge in [0.1, 0.15) is 18.1 Å². The minimum atomic E-state index is -4.42. The molecule has 0 bridgehead atoms. The third-order valence-corrected chi connectivity index (χ3v) is 6.74. The van der Waals surface area contributed by atoms with Crippen LogP contribution in [0.5, 0.6) is 5.75 Å². The SMILES string of the molecule is COc1ccc(N(C)C(=O)[C@H](Cc2ccccc2)NC(=O)NS(=O)(=O)N[C@@H](C=O)Cc2ccccc2)cc1. The predicted octanol–water partition coefficient (Wildman–Crippen LogP) is 2.21. The molecule has 0 saturated heterocycles. The normalized spacial score (nSPS) is 12.6. The first kappa shape index (κ1) is 28.4. The van der Waals surface area contributed by atoms with Gasteiger partial charge in [0.25, 0.3) is 0 Å². The molecule has 38 heavy (non-hydrogen) atoms. The third kappa shape index (κ3) is 8.43. The highest BCUT2D eigenvalue weighted by Gasteiger charge is 2.27. The van der Waals surface area contributed by atoms with Crippen molar-refractivity contribution in [3.63, 3.8) is 0 Å². The third-order valence-electron chi connectivity index (χ3n) is 5.67. The monoisotopic (exact) mass is 538 g/mol. The van der Waals surface area contributed by atoms with Crippen molar-refractivity contribution in [1.29, 1.82) is 0 Å². The Hall–Kier alpha value is -4.22. The molecule has 0 heterocycles. The average molecular weight is 539 g/mol. The standard InChI is InChI=1S/C27H30N4O6S/c1-31(23-13-15-24(37-2)16-14-23)26(33)25(18-21-11-7-4-8-12-21)28-27(34)30-38(35,36)29-22(19-32)17-20-9-5-3-6-10-20/h3-16,19,22,25,29H,17-18H2,1-2H3,(H2,28,30,34)/t22-,25+/m1/s1. The van der Waals surface area contributed by atoms with Gasteiger partial charge in [0.2, 0.25) is 5.91 Å². The van der Waals surface area contributed by atoms with Gasteiger partial charge in [-0.2, -0.15) is 13.1 Å². The number of anilines is 1. The molecule has 0 saturated carbocycles. The van der Waals surface area contributed by atoms with Crippen molar-refractivity contribution in [3.8, 4) is 5.75 Å². The summed E-state index contributed by atoms with van der Waals surface area (Å²) < 4.78 is 34.3. The number of aldehydes is 1. The Labute approximate surface area is 222 Å². The fraction of sp³-hybridized carbons (Fsp3) is 0.222. The number of hydrogen-bond acceptors (Lipinski definition) is 6. The zero-order valence-corrected chi connectivity index (χ0v) is 21.9. The van der Waals surface area contributed by atoms with Gasteiger partial charge >= 0.3 is 16.2 Å². The van der Waals surface area contributed by atoms with Crippen LogP contribution in [0, 0.1) is 0 Å². The molecule has 3 aromatic rings. The first-order valence-corrected chi connectivity index (χ1v) is 13.2. The smallest absolute Gasteiger partial charge is 0.330 e. The summed E-state index contributed by atoms with van der Waals surface area (Å²) in [5.74, 6) is 0.154. The molecular weight excluding hydrogens is 508 g/mol. The van der Waals surface area contributed by atoms with Crippen molar-refractivity contribution >= 4 is 34.1 Å². The number of amides is 3. The van der Waals surface area contributed by atoms with Gasteiger partial charge in [-0.3, -0.25) is 4.79 Å². The maximum atomic E-state index is 13.4. The maximum Gasteiger partial charge on any atom is 0.330 e. The average Bonchev–Trinajstić information content (AvgIpc) is 2.92. The minimum Gasteiger partial charge on any atom is -0.497 e. The fourth-order valence-corrected chi connectivity index (χ4v) is 4.64. The van der Waals surface area contributed by atoms with E-state index in [9.17, 15) is 22.8 Å². The molecule has 3 rings (SSSR count). The van der Waals surface area contributed by atoms with E-state index >= 15 is 0 Å². The van der Waals surface area contributed by atoms with Crippen LogP contribution in [0.15, 0.2) is 84.9 Å². The van der Waals surface area contributed by atoms with Crippen molar-refractivity contribution in [2.75, 3.05) is 19.1 Å². The van der Waals surface area contributed by atoms with E-state index in [1.54, 1.807) is 85.9 Å². The van der Waals surface area contributed by atoms with Gasteiger partial charge in [0.05, 0.1) is 13.2 Å². The van der Waals surface area contributed by atoms with Gasteiger partial charge in [-0.05, 0) is 41.8 Å². The molecule has 0 aliphatic rings. The molecule has 0 aliphatic heterocycles. The van der Waals surface area contributed by atoms with Gasteiger partial charge < -0.3 is 19.7 Å². The Bertz CT molecular complexity index is 1320.